The van der Waals surface area contributed by atoms with E-state index in [1.807, 2.05) is 61.5 Å². The van der Waals surface area contributed by atoms with Crippen molar-refractivity contribution in [1.29, 1.82) is 0 Å². The molecule has 6 heteroatoms. The van der Waals surface area contributed by atoms with E-state index in [-0.39, 0.29) is 12.6 Å². The van der Waals surface area contributed by atoms with Gasteiger partial charge >= 0.3 is 12.0 Å². The monoisotopic (exact) mass is 339 g/mol. The van der Waals surface area contributed by atoms with Gasteiger partial charge in [0.2, 0.25) is 0 Å². The van der Waals surface area contributed by atoms with Gasteiger partial charge in [0, 0.05) is 19.6 Å². The quantitative estimate of drug-likeness (QED) is 0.902. The molecule has 1 aliphatic heterocycles. The number of benzene rings is 2. The number of amides is 2. The van der Waals surface area contributed by atoms with Crippen LogP contribution in [0.15, 0.2) is 54.6 Å². The third-order valence-corrected chi connectivity index (χ3v) is 4.24. The average molecular weight is 339 g/mol. The first-order valence-corrected chi connectivity index (χ1v) is 8.24. The number of carboxylic acids is 1. The highest BCUT2D eigenvalue weighted by atomic mass is 16.4. The van der Waals surface area contributed by atoms with Crippen molar-refractivity contribution in [3.63, 3.8) is 0 Å². The highest BCUT2D eigenvalue weighted by Crippen LogP contribution is 2.28. The number of para-hydroxylation sites is 1. The molecule has 2 N–H and O–H groups in total. The summed E-state index contributed by atoms with van der Waals surface area (Å²) in [5.74, 6) is -1.00. The minimum Gasteiger partial charge on any atom is -0.480 e. The number of anilines is 2. The summed E-state index contributed by atoms with van der Waals surface area (Å²) in [6.45, 7) is 3.14. The molecule has 1 aliphatic rings. The first-order valence-electron chi connectivity index (χ1n) is 8.24. The van der Waals surface area contributed by atoms with Gasteiger partial charge in [0.15, 0.2) is 0 Å². The summed E-state index contributed by atoms with van der Waals surface area (Å²) in [5.41, 5.74) is 2.46. The molecule has 0 spiro atoms. The summed E-state index contributed by atoms with van der Waals surface area (Å²) >= 11 is 0. The van der Waals surface area contributed by atoms with Crippen LogP contribution in [0.2, 0.25) is 0 Å². The minimum atomic E-state index is -1.00. The maximum Gasteiger partial charge on any atom is 0.329 e. The highest BCUT2D eigenvalue weighted by molar-refractivity contribution is 6.01. The number of carbonyl (C=O) groups is 2. The molecule has 2 aromatic carbocycles. The van der Waals surface area contributed by atoms with Crippen molar-refractivity contribution in [1.82, 2.24) is 10.2 Å². The topological polar surface area (TPSA) is 72.9 Å². The molecular formula is C19H21N3O3. The predicted molar refractivity (Wildman–Crippen MR) is 96.2 cm³/mol. The number of hydrogen-bond donors (Lipinski definition) is 2. The van der Waals surface area contributed by atoms with Crippen molar-refractivity contribution in [2.45, 2.75) is 13.0 Å². The van der Waals surface area contributed by atoms with Crippen LogP contribution in [0.25, 0.3) is 0 Å². The zero-order valence-electron chi connectivity index (χ0n) is 14.1. The first-order chi connectivity index (χ1) is 12.1. The Kier molecular flexibility index (Phi) is 5.00. The van der Waals surface area contributed by atoms with Crippen LogP contribution in [0.4, 0.5) is 16.2 Å². The lowest BCUT2D eigenvalue weighted by molar-refractivity contribution is -0.142. The fourth-order valence-electron chi connectivity index (χ4n) is 3.00. The molecule has 0 unspecified atom stereocenters. The maximum absolute atomic E-state index is 13.3. The lowest BCUT2D eigenvalue weighted by Crippen LogP contribution is -2.59. The Morgan fingerprint density at radius 1 is 1.12 bits per heavy atom. The largest absolute Gasteiger partial charge is 0.480 e. The standard InChI is InChI=1S/C19H21N3O3/c1-14-6-5-9-16(12-14)22(15-7-3-2-4-8-15)19(25)21-11-10-20-13-17(21)18(23)24/h2-9,12,17,20H,10-11,13H2,1H3,(H,23,24)/t17-/m0/s1. The number of piperazine rings is 1. The molecule has 0 radical (unpaired) electrons. The van der Waals surface area contributed by atoms with Gasteiger partial charge in [-0.25, -0.2) is 9.59 Å². The van der Waals surface area contributed by atoms with E-state index >= 15 is 0 Å². The summed E-state index contributed by atoms with van der Waals surface area (Å²) in [6, 6.07) is 15.7. The van der Waals surface area contributed by atoms with Gasteiger partial charge in [-0.3, -0.25) is 4.90 Å². The van der Waals surface area contributed by atoms with E-state index in [0.717, 1.165) is 11.3 Å². The van der Waals surface area contributed by atoms with Crippen molar-refractivity contribution in [3.8, 4) is 0 Å². The number of carboxylic acid groups (broad SMARTS) is 1. The number of carbonyl (C=O) groups excluding carboxylic acids is 1. The Bertz CT molecular complexity index is 764. The Hall–Kier alpha value is -2.86. The highest BCUT2D eigenvalue weighted by Gasteiger charge is 2.35. The summed E-state index contributed by atoms with van der Waals surface area (Å²) in [5, 5.41) is 12.5. The van der Waals surface area contributed by atoms with Crippen LogP contribution in [0.5, 0.6) is 0 Å². The molecule has 0 bridgehead atoms. The first kappa shape index (κ1) is 17.0. The normalized spacial score (nSPS) is 17.2. The smallest absolute Gasteiger partial charge is 0.329 e. The number of nitrogens with zero attached hydrogens (tertiary/aromatic N) is 2. The molecule has 6 nitrogen and oxygen atoms in total. The second kappa shape index (κ2) is 7.36. The Morgan fingerprint density at radius 2 is 1.84 bits per heavy atom. The Morgan fingerprint density at radius 3 is 2.52 bits per heavy atom. The van der Waals surface area contributed by atoms with Crippen molar-refractivity contribution in [2.24, 2.45) is 0 Å². The van der Waals surface area contributed by atoms with Gasteiger partial charge in [0.1, 0.15) is 6.04 Å². The molecular weight excluding hydrogens is 318 g/mol. The maximum atomic E-state index is 13.3. The number of hydrogen-bond acceptors (Lipinski definition) is 3. The summed E-state index contributed by atoms with van der Waals surface area (Å²) in [7, 11) is 0. The van der Waals surface area contributed by atoms with E-state index in [9.17, 15) is 14.7 Å². The molecule has 2 amide bonds. The van der Waals surface area contributed by atoms with E-state index < -0.39 is 12.0 Å². The van der Waals surface area contributed by atoms with E-state index in [1.165, 1.54) is 4.90 Å². The van der Waals surface area contributed by atoms with E-state index in [0.29, 0.717) is 18.8 Å². The average Bonchev–Trinajstić information content (AvgIpc) is 2.63. The van der Waals surface area contributed by atoms with Crippen LogP contribution in [-0.2, 0) is 4.79 Å². The van der Waals surface area contributed by atoms with E-state index in [2.05, 4.69) is 5.32 Å². The second-order valence-electron chi connectivity index (χ2n) is 6.04. The van der Waals surface area contributed by atoms with Crippen LogP contribution in [0.3, 0.4) is 0 Å². The molecule has 1 atom stereocenters. The van der Waals surface area contributed by atoms with Gasteiger partial charge in [0.05, 0.1) is 11.4 Å². The molecule has 0 aromatic heterocycles. The fourth-order valence-corrected chi connectivity index (χ4v) is 3.00. The zero-order valence-corrected chi connectivity index (χ0v) is 14.1. The molecule has 25 heavy (non-hydrogen) atoms. The van der Waals surface area contributed by atoms with Gasteiger partial charge < -0.3 is 15.3 Å². The van der Waals surface area contributed by atoms with Crippen LogP contribution in [-0.4, -0.2) is 47.7 Å². The van der Waals surface area contributed by atoms with E-state index in [1.54, 1.807) is 4.90 Å². The van der Waals surface area contributed by atoms with Crippen LogP contribution >= 0.6 is 0 Å². The molecule has 1 fully saturated rings. The third kappa shape index (κ3) is 3.64. The van der Waals surface area contributed by atoms with Gasteiger partial charge in [0.25, 0.3) is 0 Å². The van der Waals surface area contributed by atoms with Crippen molar-refractivity contribution in [3.05, 3.63) is 60.2 Å². The van der Waals surface area contributed by atoms with Crippen molar-refractivity contribution < 1.29 is 14.7 Å². The Balaban J connectivity index is 2.02. The van der Waals surface area contributed by atoms with Gasteiger partial charge in [-0.15, -0.1) is 0 Å². The molecule has 1 saturated heterocycles. The molecule has 3 rings (SSSR count). The van der Waals surface area contributed by atoms with Gasteiger partial charge in [-0.2, -0.15) is 0 Å². The molecule has 1 heterocycles. The number of rotatable bonds is 3. The van der Waals surface area contributed by atoms with Crippen LogP contribution < -0.4 is 10.2 Å². The van der Waals surface area contributed by atoms with Crippen LogP contribution in [0, 0.1) is 6.92 Å². The van der Waals surface area contributed by atoms with Crippen molar-refractivity contribution >= 4 is 23.4 Å². The molecule has 0 aliphatic carbocycles. The molecule has 130 valence electrons. The number of nitrogens with one attached hydrogen (secondary N) is 1. The molecule has 0 saturated carbocycles. The number of urea groups is 1. The molecule has 2 aromatic rings. The number of aryl methyl sites for hydroxylation is 1. The van der Waals surface area contributed by atoms with Crippen molar-refractivity contribution in [2.75, 3.05) is 24.5 Å². The second-order valence-corrected chi connectivity index (χ2v) is 6.04. The SMILES string of the molecule is Cc1cccc(N(C(=O)N2CCNC[C@H]2C(=O)O)c2ccccc2)c1. The summed E-state index contributed by atoms with van der Waals surface area (Å²) in [4.78, 5) is 27.9. The lowest BCUT2D eigenvalue weighted by atomic mass is 10.1. The number of aliphatic carboxylic acids is 1. The zero-order chi connectivity index (χ0) is 17.8. The van der Waals surface area contributed by atoms with Gasteiger partial charge in [-0.1, -0.05) is 30.3 Å². The Labute approximate surface area is 146 Å². The lowest BCUT2D eigenvalue weighted by Gasteiger charge is -2.37. The minimum absolute atomic E-state index is 0.248. The van der Waals surface area contributed by atoms with E-state index in [4.69, 9.17) is 0 Å². The predicted octanol–water partition coefficient (Wildman–Crippen LogP) is 2.61. The summed E-state index contributed by atoms with van der Waals surface area (Å²) in [6.07, 6.45) is 0. The van der Waals surface area contributed by atoms with Gasteiger partial charge in [-0.05, 0) is 36.8 Å². The fraction of sp³-hybridized carbons (Fsp3) is 0.263. The third-order valence-electron chi connectivity index (χ3n) is 4.24. The summed E-state index contributed by atoms with van der Waals surface area (Å²) < 4.78 is 0. The van der Waals surface area contributed by atoms with Crippen LogP contribution in [0.1, 0.15) is 5.56 Å².